The number of aromatic nitrogens is 1. The molecule has 1 N–H and O–H groups in total. The van der Waals surface area contributed by atoms with Gasteiger partial charge in [-0.05, 0) is 32.1 Å². The second-order valence-corrected chi connectivity index (χ2v) is 8.53. The van der Waals surface area contributed by atoms with Crippen molar-refractivity contribution in [2.24, 2.45) is 5.92 Å². The molecule has 20 heavy (non-hydrogen) atoms. The lowest BCUT2D eigenvalue weighted by Gasteiger charge is -2.31. The molecule has 0 amide bonds. The van der Waals surface area contributed by atoms with Crippen LogP contribution in [0.15, 0.2) is 5.38 Å². The Morgan fingerprint density at radius 2 is 2.35 bits per heavy atom. The summed E-state index contributed by atoms with van der Waals surface area (Å²) in [6, 6.07) is 0. The van der Waals surface area contributed by atoms with Crippen LogP contribution in [0.4, 0.5) is 0 Å². The van der Waals surface area contributed by atoms with Crippen LogP contribution in [0.2, 0.25) is 0 Å². The zero-order valence-electron chi connectivity index (χ0n) is 11.9. The van der Waals surface area contributed by atoms with Crippen LogP contribution in [-0.2, 0) is 16.4 Å². The Balaban J connectivity index is 1.86. The van der Waals surface area contributed by atoms with E-state index in [0.29, 0.717) is 25.9 Å². The van der Waals surface area contributed by atoms with Gasteiger partial charge in [0.05, 0.1) is 17.4 Å². The fourth-order valence-electron chi connectivity index (χ4n) is 2.69. The van der Waals surface area contributed by atoms with Crippen molar-refractivity contribution in [2.45, 2.75) is 38.7 Å². The summed E-state index contributed by atoms with van der Waals surface area (Å²) in [5, 5.41) is 13.1. The van der Waals surface area contributed by atoms with Crippen LogP contribution < -0.4 is 0 Å². The minimum atomic E-state index is -3.11. The van der Waals surface area contributed by atoms with E-state index in [-0.39, 0.29) is 5.92 Å². The molecular formula is C13H22N2O3S2. The van der Waals surface area contributed by atoms with Crippen molar-refractivity contribution in [1.82, 2.24) is 9.29 Å². The predicted octanol–water partition coefficient (Wildman–Crippen LogP) is 1.42. The molecule has 0 saturated carbocycles. The van der Waals surface area contributed by atoms with E-state index in [1.54, 1.807) is 11.3 Å². The molecule has 1 aliphatic heterocycles. The standard InChI is InChI=1S/C13H22N2O3S2/c1-10-9-19-13(14-10)7-12(16)6-11-4-3-5-15(8-11)20(2,17)18/h9,11-12,16H,3-8H2,1-2H3. The Hall–Kier alpha value is -0.500. The molecule has 0 aromatic carbocycles. The molecule has 0 aliphatic carbocycles. The third-order valence-electron chi connectivity index (χ3n) is 3.63. The molecule has 1 aliphatic rings. The first-order valence-corrected chi connectivity index (χ1v) is 9.61. The lowest BCUT2D eigenvalue weighted by atomic mass is 9.92. The van der Waals surface area contributed by atoms with Crippen molar-refractivity contribution in [3.63, 3.8) is 0 Å². The summed E-state index contributed by atoms with van der Waals surface area (Å²) in [4.78, 5) is 4.35. The number of rotatable bonds is 5. The molecule has 0 bridgehead atoms. The maximum Gasteiger partial charge on any atom is 0.211 e. The van der Waals surface area contributed by atoms with E-state index in [1.807, 2.05) is 12.3 Å². The molecule has 2 atom stereocenters. The normalized spacial score (nSPS) is 22.9. The topological polar surface area (TPSA) is 70.5 Å². The van der Waals surface area contributed by atoms with E-state index >= 15 is 0 Å². The Kier molecular flexibility index (Phi) is 5.17. The van der Waals surface area contributed by atoms with Crippen LogP contribution in [-0.4, -0.2) is 48.3 Å². The van der Waals surface area contributed by atoms with Gasteiger partial charge in [-0.15, -0.1) is 11.3 Å². The van der Waals surface area contributed by atoms with Crippen LogP contribution in [0.1, 0.15) is 30.0 Å². The molecule has 0 spiro atoms. The minimum Gasteiger partial charge on any atom is -0.393 e. The number of hydrogen-bond acceptors (Lipinski definition) is 5. The SMILES string of the molecule is Cc1csc(CC(O)CC2CCCN(S(C)(=O)=O)C2)n1. The summed E-state index contributed by atoms with van der Waals surface area (Å²) in [6.07, 6.45) is 3.88. The van der Waals surface area contributed by atoms with Crippen LogP contribution in [0.5, 0.6) is 0 Å². The van der Waals surface area contributed by atoms with Gasteiger partial charge in [0.2, 0.25) is 10.0 Å². The molecule has 1 fully saturated rings. The van der Waals surface area contributed by atoms with E-state index < -0.39 is 16.1 Å². The Morgan fingerprint density at radius 3 is 2.95 bits per heavy atom. The fraction of sp³-hybridized carbons (Fsp3) is 0.769. The molecule has 2 rings (SSSR count). The smallest absolute Gasteiger partial charge is 0.211 e. The summed E-state index contributed by atoms with van der Waals surface area (Å²) >= 11 is 1.57. The lowest BCUT2D eigenvalue weighted by Crippen LogP contribution is -2.40. The lowest BCUT2D eigenvalue weighted by molar-refractivity contribution is 0.122. The third-order valence-corrected chi connectivity index (χ3v) is 5.89. The Bertz CT molecular complexity index is 542. The first-order chi connectivity index (χ1) is 9.34. The highest BCUT2D eigenvalue weighted by Gasteiger charge is 2.27. The van der Waals surface area contributed by atoms with Gasteiger partial charge in [-0.3, -0.25) is 0 Å². The summed E-state index contributed by atoms with van der Waals surface area (Å²) in [5.41, 5.74) is 0.984. The molecule has 1 saturated heterocycles. The van der Waals surface area contributed by atoms with E-state index in [2.05, 4.69) is 4.98 Å². The molecule has 0 radical (unpaired) electrons. The fourth-order valence-corrected chi connectivity index (χ4v) is 4.47. The van der Waals surface area contributed by atoms with E-state index in [1.165, 1.54) is 10.6 Å². The zero-order valence-corrected chi connectivity index (χ0v) is 13.6. The van der Waals surface area contributed by atoms with Gasteiger partial charge in [0.1, 0.15) is 0 Å². The van der Waals surface area contributed by atoms with E-state index in [0.717, 1.165) is 23.5 Å². The Labute approximate surface area is 124 Å². The van der Waals surface area contributed by atoms with Gasteiger partial charge in [-0.1, -0.05) is 0 Å². The molecule has 114 valence electrons. The number of thiazole rings is 1. The van der Waals surface area contributed by atoms with Crippen molar-refractivity contribution < 1.29 is 13.5 Å². The van der Waals surface area contributed by atoms with Gasteiger partial charge in [-0.2, -0.15) is 0 Å². The number of aliphatic hydroxyl groups is 1. The van der Waals surface area contributed by atoms with E-state index in [9.17, 15) is 13.5 Å². The second kappa shape index (κ2) is 6.51. The highest BCUT2D eigenvalue weighted by molar-refractivity contribution is 7.88. The average molecular weight is 318 g/mol. The highest BCUT2D eigenvalue weighted by Crippen LogP contribution is 2.24. The summed E-state index contributed by atoms with van der Waals surface area (Å²) in [7, 11) is -3.11. The highest BCUT2D eigenvalue weighted by atomic mass is 32.2. The zero-order chi connectivity index (χ0) is 14.8. The van der Waals surface area contributed by atoms with Gasteiger partial charge >= 0.3 is 0 Å². The Morgan fingerprint density at radius 1 is 1.60 bits per heavy atom. The van der Waals surface area contributed by atoms with Crippen molar-refractivity contribution in [3.8, 4) is 0 Å². The molecule has 1 aromatic rings. The number of nitrogens with zero attached hydrogens (tertiary/aromatic N) is 2. The van der Waals surface area contributed by atoms with Crippen LogP contribution in [0.3, 0.4) is 0 Å². The number of aliphatic hydroxyl groups excluding tert-OH is 1. The molecular weight excluding hydrogens is 296 g/mol. The van der Waals surface area contributed by atoms with Crippen molar-refractivity contribution in [3.05, 3.63) is 16.1 Å². The summed E-state index contributed by atoms with van der Waals surface area (Å²) < 4.78 is 24.7. The predicted molar refractivity (Wildman–Crippen MR) is 80.3 cm³/mol. The monoisotopic (exact) mass is 318 g/mol. The van der Waals surface area contributed by atoms with Crippen molar-refractivity contribution in [2.75, 3.05) is 19.3 Å². The third kappa shape index (κ3) is 4.51. The number of sulfonamides is 1. The molecule has 2 heterocycles. The van der Waals surface area contributed by atoms with Gasteiger partial charge in [0, 0.05) is 30.6 Å². The van der Waals surface area contributed by atoms with Gasteiger partial charge < -0.3 is 5.11 Å². The van der Waals surface area contributed by atoms with Crippen LogP contribution in [0.25, 0.3) is 0 Å². The molecule has 5 nitrogen and oxygen atoms in total. The quantitative estimate of drug-likeness (QED) is 0.891. The minimum absolute atomic E-state index is 0.245. The number of piperidine rings is 1. The first kappa shape index (κ1) is 15.9. The van der Waals surface area contributed by atoms with Gasteiger partial charge in [-0.25, -0.2) is 17.7 Å². The molecule has 2 unspecified atom stereocenters. The molecule has 1 aromatic heterocycles. The van der Waals surface area contributed by atoms with E-state index in [4.69, 9.17) is 0 Å². The first-order valence-electron chi connectivity index (χ1n) is 6.89. The largest absolute Gasteiger partial charge is 0.393 e. The van der Waals surface area contributed by atoms with Gasteiger partial charge in [0.25, 0.3) is 0 Å². The van der Waals surface area contributed by atoms with Gasteiger partial charge in [0.15, 0.2) is 0 Å². The second-order valence-electron chi connectivity index (χ2n) is 5.61. The maximum atomic E-state index is 11.6. The maximum absolute atomic E-state index is 11.6. The van der Waals surface area contributed by atoms with Crippen LogP contribution >= 0.6 is 11.3 Å². The average Bonchev–Trinajstić information content (AvgIpc) is 2.73. The summed E-state index contributed by atoms with van der Waals surface area (Å²) in [6.45, 7) is 3.08. The van der Waals surface area contributed by atoms with Crippen molar-refractivity contribution >= 4 is 21.4 Å². The summed E-state index contributed by atoms with van der Waals surface area (Å²) in [5.74, 6) is 0.245. The number of hydrogen-bond donors (Lipinski definition) is 1. The molecule has 7 heteroatoms. The van der Waals surface area contributed by atoms with Crippen molar-refractivity contribution in [1.29, 1.82) is 0 Å². The number of aryl methyl sites for hydroxylation is 1. The van der Waals surface area contributed by atoms with Crippen LogP contribution in [0, 0.1) is 12.8 Å².